The molecule has 0 heterocycles. The summed E-state index contributed by atoms with van der Waals surface area (Å²) in [6.45, 7) is 1.26. The molecule has 0 aromatic carbocycles. The molecule has 0 aliphatic rings. The molecule has 3 unspecified atom stereocenters. The number of carbonyl (C=O) groups excluding carboxylic acids is 3. The highest BCUT2D eigenvalue weighted by molar-refractivity contribution is 5.93. The van der Waals surface area contributed by atoms with Crippen molar-refractivity contribution < 1.29 is 34.2 Å². The highest BCUT2D eigenvalue weighted by Gasteiger charge is 2.28. The van der Waals surface area contributed by atoms with Gasteiger partial charge in [0.05, 0.1) is 6.54 Å². The molecule has 0 fully saturated rings. The van der Waals surface area contributed by atoms with Crippen LogP contribution in [0.15, 0.2) is 0 Å². The topological polar surface area (TPSA) is 214 Å². The Hall–Kier alpha value is -2.73. The maximum atomic E-state index is 12.5. The van der Waals surface area contributed by atoms with Crippen LogP contribution in [0.4, 0.5) is 0 Å². The van der Waals surface area contributed by atoms with Crippen molar-refractivity contribution in [1.82, 2.24) is 16.0 Å². The van der Waals surface area contributed by atoms with E-state index in [2.05, 4.69) is 16.0 Å². The van der Waals surface area contributed by atoms with Crippen molar-refractivity contribution in [3.63, 3.8) is 0 Å². The van der Waals surface area contributed by atoms with Crippen molar-refractivity contribution in [1.29, 1.82) is 0 Å². The molecule has 28 heavy (non-hydrogen) atoms. The highest BCUT2D eigenvalue weighted by Crippen LogP contribution is 2.05. The smallest absolute Gasteiger partial charge is 0.325 e. The molecule has 0 aromatic heterocycles. The van der Waals surface area contributed by atoms with Gasteiger partial charge in [0.2, 0.25) is 17.7 Å². The van der Waals surface area contributed by atoms with Crippen LogP contribution in [-0.4, -0.2) is 71.1 Å². The standard InChI is InChI=1S/C16H29N5O7/c1-9(16(27)28)19-14(25)10(4-2-3-7-17)21-15(26)11(5-6-13(23)24)20-12(22)8-18/h9-11H,2-8,17-18H2,1H3,(H,19,25)(H,20,22)(H,21,26)(H,23,24)(H,27,28). The third-order valence-electron chi connectivity index (χ3n) is 3.79. The van der Waals surface area contributed by atoms with Crippen LogP contribution >= 0.6 is 0 Å². The van der Waals surface area contributed by atoms with Gasteiger partial charge in [0, 0.05) is 6.42 Å². The first-order valence-corrected chi connectivity index (χ1v) is 8.87. The Kier molecular flexibility index (Phi) is 12.1. The fourth-order valence-electron chi connectivity index (χ4n) is 2.20. The van der Waals surface area contributed by atoms with Gasteiger partial charge in [-0.15, -0.1) is 0 Å². The third-order valence-corrected chi connectivity index (χ3v) is 3.79. The quantitative estimate of drug-likeness (QED) is 0.152. The summed E-state index contributed by atoms with van der Waals surface area (Å²) in [7, 11) is 0. The molecule has 12 heteroatoms. The molecule has 0 aliphatic carbocycles. The van der Waals surface area contributed by atoms with Crippen molar-refractivity contribution in [3.05, 3.63) is 0 Å². The van der Waals surface area contributed by atoms with E-state index in [4.69, 9.17) is 21.7 Å². The Morgan fingerprint density at radius 1 is 0.857 bits per heavy atom. The molecule has 3 atom stereocenters. The molecular formula is C16H29N5O7. The minimum Gasteiger partial charge on any atom is -0.481 e. The number of carboxylic acids is 2. The number of hydrogen-bond donors (Lipinski definition) is 7. The summed E-state index contributed by atoms with van der Waals surface area (Å²) in [5, 5.41) is 24.7. The first-order valence-electron chi connectivity index (χ1n) is 8.87. The third kappa shape index (κ3) is 10.4. The number of hydrogen-bond acceptors (Lipinski definition) is 7. The monoisotopic (exact) mass is 403 g/mol. The fraction of sp³-hybridized carbons (Fsp3) is 0.688. The maximum absolute atomic E-state index is 12.5. The second-order valence-corrected chi connectivity index (χ2v) is 6.17. The van der Waals surface area contributed by atoms with Crippen molar-refractivity contribution in [2.24, 2.45) is 11.5 Å². The first-order chi connectivity index (χ1) is 13.1. The highest BCUT2D eigenvalue weighted by atomic mass is 16.4. The summed E-state index contributed by atoms with van der Waals surface area (Å²) >= 11 is 0. The molecule has 9 N–H and O–H groups in total. The summed E-state index contributed by atoms with van der Waals surface area (Å²) < 4.78 is 0. The second-order valence-electron chi connectivity index (χ2n) is 6.17. The summed E-state index contributed by atoms with van der Waals surface area (Å²) in [5.74, 6) is -4.53. The lowest BCUT2D eigenvalue weighted by Crippen LogP contribution is -2.55. The van der Waals surface area contributed by atoms with E-state index >= 15 is 0 Å². The number of rotatable bonds is 14. The van der Waals surface area contributed by atoms with Gasteiger partial charge in [-0.3, -0.25) is 24.0 Å². The number of unbranched alkanes of at least 4 members (excludes halogenated alkanes) is 1. The van der Waals surface area contributed by atoms with Crippen molar-refractivity contribution in [2.75, 3.05) is 13.1 Å². The molecule has 0 saturated heterocycles. The van der Waals surface area contributed by atoms with Gasteiger partial charge in [-0.25, -0.2) is 0 Å². The Labute approximate surface area is 162 Å². The molecule has 0 bridgehead atoms. The van der Waals surface area contributed by atoms with Crippen molar-refractivity contribution in [3.8, 4) is 0 Å². The predicted octanol–water partition coefficient (Wildman–Crippen LogP) is -2.50. The number of nitrogens with two attached hydrogens (primary N) is 2. The number of carboxylic acid groups (broad SMARTS) is 2. The van der Waals surface area contributed by atoms with Crippen LogP contribution in [0.3, 0.4) is 0 Å². The number of nitrogens with one attached hydrogen (secondary N) is 3. The van der Waals surface area contributed by atoms with Gasteiger partial charge >= 0.3 is 11.9 Å². The van der Waals surface area contributed by atoms with Crippen LogP contribution in [0.1, 0.15) is 39.0 Å². The van der Waals surface area contributed by atoms with Crippen LogP contribution in [0, 0.1) is 0 Å². The van der Waals surface area contributed by atoms with Gasteiger partial charge in [-0.2, -0.15) is 0 Å². The predicted molar refractivity (Wildman–Crippen MR) is 97.9 cm³/mol. The van der Waals surface area contributed by atoms with E-state index in [9.17, 15) is 24.0 Å². The summed E-state index contributed by atoms with van der Waals surface area (Å²) in [6, 6.07) is -3.43. The Morgan fingerprint density at radius 3 is 1.93 bits per heavy atom. The normalized spacial score (nSPS) is 13.7. The van der Waals surface area contributed by atoms with Crippen LogP contribution in [-0.2, 0) is 24.0 Å². The average molecular weight is 403 g/mol. The lowest BCUT2D eigenvalue weighted by molar-refractivity contribution is -0.141. The zero-order valence-corrected chi connectivity index (χ0v) is 15.8. The van der Waals surface area contributed by atoms with E-state index in [0.717, 1.165) is 0 Å². The van der Waals surface area contributed by atoms with Crippen LogP contribution in [0.25, 0.3) is 0 Å². The van der Waals surface area contributed by atoms with Gasteiger partial charge in [0.25, 0.3) is 0 Å². The van der Waals surface area contributed by atoms with Crippen LogP contribution in [0.2, 0.25) is 0 Å². The first kappa shape index (κ1) is 25.3. The van der Waals surface area contributed by atoms with Gasteiger partial charge in [-0.05, 0) is 39.2 Å². The maximum Gasteiger partial charge on any atom is 0.325 e. The molecule has 0 spiro atoms. The Bertz CT molecular complexity index is 570. The largest absolute Gasteiger partial charge is 0.481 e. The fourth-order valence-corrected chi connectivity index (χ4v) is 2.20. The average Bonchev–Trinajstić information content (AvgIpc) is 2.63. The van der Waals surface area contributed by atoms with E-state index in [1.807, 2.05) is 0 Å². The van der Waals surface area contributed by atoms with Crippen molar-refractivity contribution in [2.45, 2.75) is 57.2 Å². The molecule has 0 saturated carbocycles. The van der Waals surface area contributed by atoms with E-state index in [1.165, 1.54) is 6.92 Å². The molecule has 3 amide bonds. The lowest BCUT2D eigenvalue weighted by Gasteiger charge is -2.23. The molecule has 0 radical (unpaired) electrons. The van der Waals surface area contributed by atoms with Crippen molar-refractivity contribution >= 4 is 29.7 Å². The lowest BCUT2D eigenvalue weighted by atomic mass is 10.1. The minimum absolute atomic E-state index is 0.192. The molecule has 160 valence electrons. The van der Waals surface area contributed by atoms with Crippen LogP contribution < -0.4 is 27.4 Å². The summed E-state index contributed by atoms with van der Waals surface area (Å²) in [4.78, 5) is 58.0. The number of aliphatic carboxylic acids is 2. The van der Waals surface area contributed by atoms with E-state index < -0.39 is 54.3 Å². The zero-order valence-electron chi connectivity index (χ0n) is 15.8. The second kappa shape index (κ2) is 13.4. The van der Waals surface area contributed by atoms with Crippen LogP contribution in [0.5, 0.6) is 0 Å². The Morgan fingerprint density at radius 2 is 1.43 bits per heavy atom. The Balaban J connectivity index is 5.19. The SMILES string of the molecule is CC(NC(=O)C(CCCCN)NC(=O)C(CCC(=O)O)NC(=O)CN)C(=O)O. The van der Waals surface area contributed by atoms with Gasteiger partial charge in [-0.1, -0.05) is 0 Å². The van der Waals surface area contributed by atoms with E-state index in [1.54, 1.807) is 0 Å². The molecule has 0 rings (SSSR count). The summed E-state index contributed by atoms with van der Waals surface area (Å²) in [5.41, 5.74) is 10.6. The van der Waals surface area contributed by atoms with Gasteiger partial charge < -0.3 is 37.6 Å². The number of carbonyl (C=O) groups is 5. The zero-order chi connectivity index (χ0) is 21.7. The van der Waals surface area contributed by atoms with E-state index in [-0.39, 0.29) is 19.3 Å². The molecular weight excluding hydrogens is 374 g/mol. The van der Waals surface area contributed by atoms with Gasteiger partial charge in [0.15, 0.2) is 0 Å². The minimum atomic E-state index is -1.24. The number of amides is 3. The molecule has 0 aromatic rings. The molecule has 12 nitrogen and oxygen atoms in total. The summed E-state index contributed by atoms with van der Waals surface area (Å²) in [6.07, 6.45) is 0.682. The van der Waals surface area contributed by atoms with E-state index in [0.29, 0.717) is 19.4 Å². The van der Waals surface area contributed by atoms with Gasteiger partial charge in [0.1, 0.15) is 18.1 Å². The molecule has 0 aliphatic heterocycles.